The topological polar surface area (TPSA) is 59.1 Å². The average molecular weight is 248 g/mol. The molecule has 0 fully saturated rings. The lowest BCUT2D eigenvalue weighted by Crippen LogP contribution is -2.09. The van der Waals surface area contributed by atoms with E-state index in [0.717, 1.165) is 10.8 Å². The van der Waals surface area contributed by atoms with Gasteiger partial charge in [-0.2, -0.15) is 0 Å². The van der Waals surface area contributed by atoms with E-state index in [0.29, 0.717) is 13.0 Å². The molecule has 0 aliphatic carbocycles. The maximum absolute atomic E-state index is 10.9. The van der Waals surface area contributed by atoms with Gasteiger partial charge in [-0.15, -0.1) is 11.3 Å². The Morgan fingerprint density at radius 2 is 2.07 bits per heavy atom. The van der Waals surface area contributed by atoms with Crippen molar-refractivity contribution in [2.45, 2.75) is 20.3 Å². The van der Waals surface area contributed by atoms with E-state index in [1.807, 2.05) is 13.8 Å². The molecule has 86 valence electrons. The monoisotopic (exact) mass is 248 g/mol. The number of sulfone groups is 1. The minimum Gasteiger partial charge on any atom is -0.361 e. The number of aromatic nitrogens is 1. The van der Waals surface area contributed by atoms with E-state index in [2.05, 4.69) is 10.3 Å². The maximum Gasteiger partial charge on any atom is 0.183 e. The molecular weight excluding hydrogens is 232 g/mol. The standard InChI is InChI=1S/C9H16N2O2S2/c1-7-8(2)14-9(11-7)10-5-4-6-15(3,12)13/h4-6H2,1-3H3,(H,10,11). The maximum atomic E-state index is 10.9. The zero-order valence-corrected chi connectivity index (χ0v) is 10.8. The molecule has 0 unspecified atom stereocenters. The van der Waals surface area contributed by atoms with Crippen LogP contribution in [0.2, 0.25) is 0 Å². The minimum absolute atomic E-state index is 0.226. The number of nitrogens with zero attached hydrogens (tertiary/aromatic N) is 1. The molecule has 0 spiro atoms. The van der Waals surface area contributed by atoms with Crippen LogP contribution in [-0.4, -0.2) is 32.0 Å². The van der Waals surface area contributed by atoms with Gasteiger partial charge in [0.15, 0.2) is 5.13 Å². The van der Waals surface area contributed by atoms with Crippen LogP contribution in [-0.2, 0) is 9.84 Å². The Bertz CT molecular complexity index is 404. The van der Waals surface area contributed by atoms with Crippen molar-refractivity contribution in [2.24, 2.45) is 0 Å². The van der Waals surface area contributed by atoms with Crippen molar-refractivity contribution in [1.82, 2.24) is 4.98 Å². The van der Waals surface area contributed by atoms with Gasteiger partial charge in [0.05, 0.1) is 11.4 Å². The summed E-state index contributed by atoms with van der Waals surface area (Å²) in [5.74, 6) is 0.226. The van der Waals surface area contributed by atoms with Crippen LogP contribution in [0.25, 0.3) is 0 Å². The molecule has 0 atom stereocenters. The van der Waals surface area contributed by atoms with Gasteiger partial charge in [-0.25, -0.2) is 13.4 Å². The highest BCUT2D eigenvalue weighted by Gasteiger charge is 2.04. The highest BCUT2D eigenvalue weighted by Crippen LogP contribution is 2.20. The van der Waals surface area contributed by atoms with Crippen LogP contribution < -0.4 is 5.32 Å². The Hall–Kier alpha value is -0.620. The Balaban J connectivity index is 2.32. The molecule has 15 heavy (non-hydrogen) atoms. The number of anilines is 1. The number of aryl methyl sites for hydroxylation is 2. The van der Waals surface area contributed by atoms with Crippen LogP contribution in [0.3, 0.4) is 0 Å². The molecular formula is C9H16N2O2S2. The molecule has 0 radical (unpaired) electrons. The number of hydrogen-bond acceptors (Lipinski definition) is 5. The van der Waals surface area contributed by atoms with Gasteiger partial charge in [-0.1, -0.05) is 0 Å². The molecule has 1 rings (SSSR count). The summed E-state index contributed by atoms with van der Waals surface area (Å²) in [6.45, 7) is 4.64. The van der Waals surface area contributed by atoms with E-state index in [9.17, 15) is 8.42 Å². The fourth-order valence-corrected chi connectivity index (χ4v) is 2.59. The number of rotatable bonds is 5. The zero-order chi connectivity index (χ0) is 11.5. The molecule has 1 aromatic rings. The fraction of sp³-hybridized carbons (Fsp3) is 0.667. The van der Waals surface area contributed by atoms with Crippen LogP contribution in [0.4, 0.5) is 5.13 Å². The third-order valence-corrected chi connectivity index (χ3v) is 4.06. The van der Waals surface area contributed by atoms with E-state index < -0.39 is 9.84 Å². The first-order valence-corrected chi connectivity index (χ1v) is 7.62. The molecule has 0 aliphatic heterocycles. The van der Waals surface area contributed by atoms with E-state index in [4.69, 9.17) is 0 Å². The molecule has 1 N–H and O–H groups in total. The van der Waals surface area contributed by atoms with Gasteiger partial charge >= 0.3 is 0 Å². The Morgan fingerprint density at radius 1 is 1.40 bits per heavy atom. The van der Waals surface area contributed by atoms with Crippen molar-refractivity contribution in [1.29, 1.82) is 0 Å². The zero-order valence-electron chi connectivity index (χ0n) is 9.20. The second kappa shape index (κ2) is 4.94. The number of nitrogens with one attached hydrogen (secondary N) is 1. The predicted molar refractivity (Wildman–Crippen MR) is 64.4 cm³/mol. The second-order valence-corrected chi connectivity index (χ2v) is 7.03. The third-order valence-electron chi connectivity index (χ3n) is 2.00. The van der Waals surface area contributed by atoms with Crippen LogP contribution >= 0.6 is 11.3 Å². The smallest absolute Gasteiger partial charge is 0.183 e. The molecule has 0 aromatic carbocycles. The summed E-state index contributed by atoms with van der Waals surface area (Å²) in [6, 6.07) is 0. The van der Waals surface area contributed by atoms with Gasteiger partial charge in [0, 0.05) is 17.7 Å². The van der Waals surface area contributed by atoms with E-state index in [1.165, 1.54) is 11.1 Å². The number of hydrogen-bond donors (Lipinski definition) is 1. The van der Waals surface area contributed by atoms with Gasteiger partial charge in [-0.05, 0) is 20.3 Å². The molecule has 0 saturated carbocycles. The first-order chi connectivity index (χ1) is 6.88. The highest BCUT2D eigenvalue weighted by molar-refractivity contribution is 7.90. The summed E-state index contributed by atoms with van der Waals surface area (Å²) in [7, 11) is -2.84. The first kappa shape index (κ1) is 12.4. The average Bonchev–Trinajstić information content (AvgIpc) is 2.39. The highest BCUT2D eigenvalue weighted by atomic mass is 32.2. The first-order valence-electron chi connectivity index (χ1n) is 4.74. The van der Waals surface area contributed by atoms with Crippen molar-refractivity contribution in [3.8, 4) is 0 Å². The largest absolute Gasteiger partial charge is 0.361 e. The van der Waals surface area contributed by atoms with E-state index in [1.54, 1.807) is 11.3 Å². The molecule has 1 aromatic heterocycles. The molecule has 4 nitrogen and oxygen atoms in total. The summed E-state index contributed by atoms with van der Waals surface area (Å²) < 4.78 is 21.7. The lowest BCUT2D eigenvalue weighted by Gasteiger charge is -2.00. The van der Waals surface area contributed by atoms with Gasteiger partial charge in [0.1, 0.15) is 9.84 Å². The van der Waals surface area contributed by atoms with Gasteiger partial charge < -0.3 is 5.32 Å². The summed E-state index contributed by atoms with van der Waals surface area (Å²) >= 11 is 1.60. The summed E-state index contributed by atoms with van der Waals surface area (Å²) in [5.41, 5.74) is 1.03. The molecule has 0 saturated heterocycles. The molecule has 0 amide bonds. The van der Waals surface area contributed by atoms with Gasteiger partial charge in [0.25, 0.3) is 0 Å². The molecule has 0 aliphatic rings. The van der Waals surface area contributed by atoms with Crippen LogP contribution in [0.15, 0.2) is 0 Å². The van der Waals surface area contributed by atoms with Crippen molar-refractivity contribution in [2.75, 3.05) is 23.9 Å². The fourth-order valence-electron chi connectivity index (χ4n) is 1.08. The van der Waals surface area contributed by atoms with Crippen LogP contribution in [0.5, 0.6) is 0 Å². The second-order valence-electron chi connectivity index (χ2n) is 3.57. The predicted octanol–water partition coefficient (Wildman–Crippen LogP) is 1.61. The number of thiazole rings is 1. The van der Waals surface area contributed by atoms with E-state index in [-0.39, 0.29) is 5.75 Å². The van der Waals surface area contributed by atoms with Crippen molar-refractivity contribution in [3.05, 3.63) is 10.6 Å². The lowest BCUT2D eigenvalue weighted by atomic mass is 10.4. The Morgan fingerprint density at radius 3 is 2.53 bits per heavy atom. The Kier molecular flexibility index (Phi) is 4.10. The molecule has 1 heterocycles. The summed E-state index contributed by atoms with van der Waals surface area (Å²) in [4.78, 5) is 5.50. The van der Waals surface area contributed by atoms with Crippen molar-refractivity contribution < 1.29 is 8.42 Å². The molecule has 6 heteroatoms. The van der Waals surface area contributed by atoms with Crippen molar-refractivity contribution in [3.63, 3.8) is 0 Å². The van der Waals surface area contributed by atoms with E-state index >= 15 is 0 Å². The normalized spacial score (nSPS) is 11.7. The summed E-state index contributed by atoms with van der Waals surface area (Å²) in [6.07, 6.45) is 1.88. The Labute approximate surface area is 94.7 Å². The van der Waals surface area contributed by atoms with Gasteiger partial charge in [0.2, 0.25) is 0 Å². The third kappa shape index (κ3) is 4.61. The summed E-state index contributed by atoms with van der Waals surface area (Å²) in [5, 5.41) is 4.00. The van der Waals surface area contributed by atoms with Crippen LogP contribution in [0.1, 0.15) is 17.0 Å². The quantitative estimate of drug-likeness (QED) is 0.804. The SMILES string of the molecule is Cc1nc(NCCCS(C)(=O)=O)sc1C. The molecule has 0 bridgehead atoms. The van der Waals surface area contributed by atoms with Gasteiger partial charge in [-0.3, -0.25) is 0 Å². The lowest BCUT2D eigenvalue weighted by molar-refractivity contribution is 0.600. The van der Waals surface area contributed by atoms with Crippen LogP contribution in [0, 0.1) is 13.8 Å². The van der Waals surface area contributed by atoms with Crippen molar-refractivity contribution >= 4 is 26.3 Å². The minimum atomic E-state index is -2.84.